The molecule has 6 nitrogen and oxygen atoms in total. The van der Waals surface area contributed by atoms with Crippen molar-refractivity contribution >= 4 is 16.8 Å². The van der Waals surface area contributed by atoms with Crippen LogP contribution in [0, 0.1) is 12.8 Å². The number of aryl methyl sites for hydroxylation is 1. The summed E-state index contributed by atoms with van der Waals surface area (Å²) >= 11 is 0. The summed E-state index contributed by atoms with van der Waals surface area (Å²) in [6.07, 6.45) is 1.27. The first-order chi connectivity index (χ1) is 11.1. The number of aromatic nitrogens is 2. The minimum absolute atomic E-state index is 0.0450. The van der Waals surface area contributed by atoms with Crippen LogP contribution in [0.3, 0.4) is 0 Å². The van der Waals surface area contributed by atoms with Crippen LogP contribution >= 0.6 is 0 Å². The van der Waals surface area contributed by atoms with Crippen molar-refractivity contribution < 1.29 is 9.53 Å². The van der Waals surface area contributed by atoms with Gasteiger partial charge in [0.05, 0.1) is 17.5 Å². The predicted molar refractivity (Wildman–Crippen MR) is 87.3 cm³/mol. The number of para-hydroxylation sites is 1. The zero-order chi connectivity index (χ0) is 16.2. The van der Waals surface area contributed by atoms with E-state index in [0.717, 1.165) is 13.0 Å². The van der Waals surface area contributed by atoms with Gasteiger partial charge in [0.15, 0.2) is 0 Å². The van der Waals surface area contributed by atoms with E-state index in [0.29, 0.717) is 42.3 Å². The minimum Gasteiger partial charge on any atom is -0.381 e. The lowest BCUT2D eigenvalue weighted by Crippen LogP contribution is -2.32. The number of benzene rings is 1. The van der Waals surface area contributed by atoms with Crippen LogP contribution in [-0.2, 0) is 16.1 Å². The topological polar surface area (TPSA) is 73.2 Å². The highest BCUT2D eigenvalue weighted by atomic mass is 16.5. The number of nitrogens with one attached hydrogen (secondary N) is 1. The maximum absolute atomic E-state index is 12.5. The molecule has 1 aromatic carbocycles. The van der Waals surface area contributed by atoms with Gasteiger partial charge >= 0.3 is 0 Å². The molecule has 23 heavy (non-hydrogen) atoms. The highest BCUT2D eigenvalue weighted by molar-refractivity contribution is 5.77. The lowest BCUT2D eigenvalue weighted by Gasteiger charge is -2.12. The van der Waals surface area contributed by atoms with Crippen molar-refractivity contribution in [1.29, 1.82) is 0 Å². The van der Waals surface area contributed by atoms with E-state index in [-0.39, 0.29) is 17.9 Å². The van der Waals surface area contributed by atoms with Crippen molar-refractivity contribution in [2.24, 2.45) is 5.92 Å². The van der Waals surface area contributed by atoms with Gasteiger partial charge in [0.2, 0.25) is 5.91 Å². The Hall–Kier alpha value is -2.21. The van der Waals surface area contributed by atoms with Gasteiger partial charge in [0, 0.05) is 32.0 Å². The smallest absolute Gasteiger partial charge is 0.261 e. The van der Waals surface area contributed by atoms with Crippen LogP contribution in [0.25, 0.3) is 10.9 Å². The second-order valence-electron chi connectivity index (χ2n) is 5.92. The molecule has 1 aromatic heterocycles. The second kappa shape index (κ2) is 6.91. The van der Waals surface area contributed by atoms with Gasteiger partial charge < -0.3 is 10.1 Å². The molecule has 6 heteroatoms. The van der Waals surface area contributed by atoms with Gasteiger partial charge in [-0.25, -0.2) is 4.98 Å². The molecule has 122 valence electrons. The number of amides is 1. The third-order valence-electron chi connectivity index (χ3n) is 4.23. The molecule has 1 atom stereocenters. The van der Waals surface area contributed by atoms with E-state index >= 15 is 0 Å². The zero-order valence-corrected chi connectivity index (χ0v) is 13.2. The first kappa shape index (κ1) is 15.7. The predicted octanol–water partition coefficient (Wildman–Crippen LogP) is 1.25. The van der Waals surface area contributed by atoms with Crippen molar-refractivity contribution in [1.82, 2.24) is 14.9 Å². The summed E-state index contributed by atoms with van der Waals surface area (Å²) in [5.41, 5.74) is 0.599. The fraction of sp³-hybridized carbons (Fsp3) is 0.471. The Morgan fingerprint density at radius 3 is 3.04 bits per heavy atom. The van der Waals surface area contributed by atoms with E-state index in [1.807, 2.05) is 18.2 Å². The third kappa shape index (κ3) is 3.59. The van der Waals surface area contributed by atoms with Crippen LogP contribution in [-0.4, -0.2) is 35.2 Å². The van der Waals surface area contributed by atoms with E-state index in [1.54, 1.807) is 17.6 Å². The van der Waals surface area contributed by atoms with Gasteiger partial charge in [-0.1, -0.05) is 12.1 Å². The molecular formula is C17H21N3O3. The van der Waals surface area contributed by atoms with Crippen LogP contribution in [0.5, 0.6) is 0 Å². The largest absolute Gasteiger partial charge is 0.381 e. The quantitative estimate of drug-likeness (QED) is 0.901. The molecule has 1 fully saturated rings. The molecule has 2 aromatic rings. The van der Waals surface area contributed by atoms with Gasteiger partial charge in [0.25, 0.3) is 5.56 Å². The average Bonchev–Trinajstić information content (AvgIpc) is 3.06. The summed E-state index contributed by atoms with van der Waals surface area (Å²) < 4.78 is 6.86. The molecule has 0 radical (unpaired) electrons. The van der Waals surface area contributed by atoms with Gasteiger partial charge in [-0.3, -0.25) is 14.2 Å². The highest BCUT2D eigenvalue weighted by Crippen LogP contribution is 2.11. The standard InChI is InChI=1S/C17H21N3O3/c1-12-19-15-5-3-2-4-14(15)17(22)20(12)8-6-16(21)18-10-13-7-9-23-11-13/h2-5,13H,6-11H2,1H3,(H,18,21)/t13-/m0/s1. The molecule has 2 heterocycles. The summed E-state index contributed by atoms with van der Waals surface area (Å²) in [7, 11) is 0. The lowest BCUT2D eigenvalue weighted by molar-refractivity contribution is -0.121. The number of rotatable bonds is 5. The molecule has 0 bridgehead atoms. The lowest BCUT2D eigenvalue weighted by atomic mass is 10.1. The summed E-state index contributed by atoms with van der Waals surface area (Å²) in [4.78, 5) is 28.9. The first-order valence-electron chi connectivity index (χ1n) is 7.96. The van der Waals surface area contributed by atoms with Crippen LogP contribution < -0.4 is 10.9 Å². The number of carbonyl (C=O) groups is 1. The van der Waals surface area contributed by atoms with Crippen LogP contribution in [0.1, 0.15) is 18.7 Å². The maximum Gasteiger partial charge on any atom is 0.261 e. The highest BCUT2D eigenvalue weighted by Gasteiger charge is 2.16. The number of carbonyl (C=O) groups excluding carboxylic acids is 1. The van der Waals surface area contributed by atoms with E-state index in [4.69, 9.17) is 4.74 Å². The molecule has 0 spiro atoms. The number of ether oxygens (including phenoxy) is 1. The summed E-state index contributed by atoms with van der Waals surface area (Å²) in [6.45, 7) is 4.27. The van der Waals surface area contributed by atoms with E-state index < -0.39 is 0 Å². The molecule has 1 amide bonds. The van der Waals surface area contributed by atoms with Gasteiger partial charge in [-0.15, -0.1) is 0 Å². The Labute approximate surface area is 134 Å². The monoisotopic (exact) mass is 315 g/mol. The molecule has 1 aliphatic heterocycles. The average molecular weight is 315 g/mol. The van der Waals surface area contributed by atoms with Crippen molar-refractivity contribution in [3.8, 4) is 0 Å². The fourth-order valence-electron chi connectivity index (χ4n) is 2.85. The maximum atomic E-state index is 12.5. The Morgan fingerprint density at radius 2 is 2.26 bits per heavy atom. The molecule has 1 N–H and O–H groups in total. The second-order valence-corrected chi connectivity index (χ2v) is 5.92. The number of fused-ring (bicyclic) bond motifs is 1. The Morgan fingerprint density at radius 1 is 1.43 bits per heavy atom. The van der Waals surface area contributed by atoms with E-state index in [2.05, 4.69) is 10.3 Å². The molecule has 1 aliphatic rings. The summed E-state index contributed by atoms with van der Waals surface area (Å²) in [5.74, 6) is 0.993. The SMILES string of the molecule is Cc1nc2ccccc2c(=O)n1CCC(=O)NC[C@@H]1CCOC1. The van der Waals surface area contributed by atoms with Crippen LogP contribution in [0.4, 0.5) is 0 Å². The fourth-order valence-corrected chi connectivity index (χ4v) is 2.85. The van der Waals surface area contributed by atoms with Crippen molar-refractivity contribution in [2.45, 2.75) is 26.3 Å². The van der Waals surface area contributed by atoms with Crippen LogP contribution in [0.2, 0.25) is 0 Å². The van der Waals surface area contributed by atoms with Crippen molar-refractivity contribution in [3.63, 3.8) is 0 Å². The summed E-state index contributed by atoms with van der Waals surface area (Å²) in [5, 5.41) is 3.50. The molecular weight excluding hydrogens is 294 g/mol. The number of nitrogens with zero attached hydrogens (tertiary/aromatic N) is 2. The third-order valence-corrected chi connectivity index (χ3v) is 4.23. The first-order valence-corrected chi connectivity index (χ1v) is 7.96. The normalized spacial score (nSPS) is 17.5. The number of hydrogen-bond acceptors (Lipinski definition) is 4. The number of hydrogen-bond donors (Lipinski definition) is 1. The van der Waals surface area contributed by atoms with Gasteiger partial charge in [-0.2, -0.15) is 0 Å². The van der Waals surface area contributed by atoms with Gasteiger partial charge in [-0.05, 0) is 25.5 Å². The Kier molecular flexibility index (Phi) is 4.71. The van der Waals surface area contributed by atoms with E-state index in [1.165, 1.54) is 0 Å². The minimum atomic E-state index is -0.0925. The van der Waals surface area contributed by atoms with Gasteiger partial charge in [0.1, 0.15) is 5.82 Å². The molecule has 1 saturated heterocycles. The van der Waals surface area contributed by atoms with E-state index in [9.17, 15) is 9.59 Å². The molecule has 3 rings (SSSR count). The molecule has 0 aliphatic carbocycles. The van der Waals surface area contributed by atoms with Crippen molar-refractivity contribution in [3.05, 3.63) is 40.4 Å². The Bertz CT molecular complexity index is 763. The summed E-state index contributed by atoms with van der Waals surface area (Å²) in [6, 6.07) is 7.27. The molecule has 0 saturated carbocycles. The molecule has 0 unspecified atom stereocenters. The van der Waals surface area contributed by atoms with Crippen LogP contribution in [0.15, 0.2) is 29.1 Å². The van der Waals surface area contributed by atoms with Crippen molar-refractivity contribution in [2.75, 3.05) is 19.8 Å². The Balaban J connectivity index is 1.64. The zero-order valence-electron chi connectivity index (χ0n) is 13.2.